The monoisotopic (exact) mass is 338 g/mol. The second-order valence-electron chi connectivity index (χ2n) is 6.86. The van der Waals surface area contributed by atoms with E-state index in [-0.39, 0.29) is 0 Å². The molecule has 0 aromatic rings. The topological polar surface area (TPSA) is 0 Å². The predicted octanol–water partition coefficient (Wildman–Crippen LogP) is 8.41. The van der Waals surface area contributed by atoms with Crippen LogP contribution in [-0.2, 0) is 0 Å². The van der Waals surface area contributed by atoms with E-state index in [1.165, 1.54) is 83.5 Å². The molecule has 0 heteroatoms. The first-order valence-corrected chi connectivity index (χ1v) is 10.5. The van der Waals surface area contributed by atoms with Crippen LogP contribution in [0.4, 0.5) is 0 Å². The van der Waals surface area contributed by atoms with Crippen LogP contribution in [0.1, 0.15) is 83.5 Å². The van der Waals surface area contributed by atoms with Gasteiger partial charge in [-0.15, -0.1) is 0 Å². The predicted molar refractivity (Wildman–Crippen MR) is 115 cm³/mol. The molecular formula is C25H38. The first kappa shape index (κ1) is 21.5. The second-order valence-corrected chi connectivity index (χ2v) is 6.86. The van der Waals surface area contributed by atoms with Gasteiger partial charge >= 0.3 is 0 Å². The minimum absolute atomic E-state index is 1.21. The third kappa shape index (κ3) is 17.1. The average molecular weight is 339 g/mol. The highest BCUT2D eigenvalue weighted by Gasteiger charge is 1.93. The van der Waals surface area contributed by atoms with Crippen LogP contribution >= 0.6 is 0 Å². The Kier molecular flexibility index (Phi) is 16.1. The maximum Gasteiger partial charge on any atom is -0.0348 e. The largest absolute Gasteiger partial charge is 0.0845 e. The molecule has 0 heterocycles. The van der Waals surface area contributed by atoms with Crippen molar-refractivity contribution in [2.24, 2.45) is 0 Å². The maximum atomic E-state index is 2.29. The van der Waals surface area contributed by atoms with Gasteiger partial charge in [-0.2, -0.15) is 0 Å². The minimum atomic E-state index is 1.21. The Labute approximate surface area is 156 Å². The zero-order valence-corrected chi connectivity index (χ0v) is 16.1. The molecule has 0 unspecified atom stereocenters. The van der Waals surface area contributed by atoms with Crippen molar-refractivity contribution in [2.75, 3.05) is 0 Å². The Morgan fingerprint density at radius 1 is 0.240 bits per heavy atom. The first-order chi connectivity index (χ1) is 12.5. The Balaban J connectivity index is 2.30. The highest BCUT2D eigenvalue weighted by molar-refractivity contribution is 5.19. The van der Waals surface area contributed by atoms with Crippen LogP contribution in [0.25, 0.3) is 0 Å². The molecule has 0 fully saturated rings. The van der Waals surface area contributed by atoms with Gasteiger partial charge in [-0.25, -0.2) is 0 Å². The highest BCUT2D eigenvalue weighted by atomic mass is 14.0. The third-order valence-corrected chi connectivity index (χ3v) is 4.51. The molecule has 0 saturated carbocycles. The van der Waals surface area contributed by atoms with E-state index in [1.807, 2.05) is 0 Å². The highest BCUT2D eigenvalue weighted by Crippen LogP contribution is 2.12. The van der Waals surface area contributed by atoms with Gasteiger partial charge in [0.25, 0.3) is 0 Å². The van der Waals surface area contributed by atoms with Crippen molar-refractivity contribution >= 4 is 0 Å². The fourth-order valence-corrected chi connectivity index (χ4v) is 2.98. The molecular weight excluding hydrogens is 300 g/mol. The first-order valence-electron chi connectivity index (χ1n) is 10.5. The molecule has 25 heavy (non-hydrogen) atoms. The molecule has 0 saturated heterocycles. The van der Waals surface area contributed by atoms with Crippen LogP contribution < -0.4 is 0 Å². The molecule has 0 spiro atoms. The van der Waals surface area contributed by atoms with Crippen molar-refractivity contribution in [3.8, 4) is 0 Å². The molecule has 0 N–H and O–H groups in total. The van der Waals surface area contributed by atoms with Crippen molar-refractivity contribution in [2.45, 2.75) is 83.5 Å². The summed E-state index contributed by atoms with van der Waals surface area (Å²) in [5.74, 6) is 0. The lowest BCUT2D eigenvalue weighted by Crippen LogP contribution is -1.82. The molecule has 0 aromatic carbocycles. The fourth-order valence-electron chi connectivity index (χ4n) is 2.98. The maximum absolute atomic E-state index is 2.29. The van der Waals surface area contributed by atoms with Crippen molar-refractivity contribution < 1.29 is 0 Å². The van der Waals surface area contributed by atoms with Crippen molar-refractivity contribution in [3.05, 3.63) is 72.9 Å². The van der Waals surface area contributed by atoms with Gasteiger partial charge in [0, 0.05) is 0 Å². The summed E-state index contributed by atoms with van der Waals surface area (Å²) >= 11 is 0. The van der Waals surface area contributed by atoms with Crippen molar-refractivity contribution in [1.82, 2.24) is 0 Å². The van der Waals surface area contributed by atoms with Gasteiger partial charge in [0.05, 0.1) is 0 Å². The van der Waals surface area contributed by atoms with Gasteiger partial charge in [-0.3, -0.25) is 0 Å². The molecule has 0 radical (unpaired) electrons. The Hall–Kier alpha value is -1.56. The summed E-state index contributed by atoms with van der Waals surface area (Å²) in [6, 6.07) is 0. The van der Waals surface area contributed by atoms with E-state index < -0.39 is 0 Å². The molecule has 0 amide bonds. The molecule has 0 aliphatic heterocycles. The van der Waals surface area contributed by atoms with Gasteiger partial charge in [0.1, 0.15) is 0 Å². The summed E-state index contributed by atoms with van der Waals surface area (Å²) in [7, 11) is 0. The summed E-state index contributed by atoms with van der Waals surface area (Å²) in [6.07, 6.45) is 43.5. The Bertz CT molecular complexity index is 401. The van der Waals surface area contributed by atoms with Gasteiger partial charge in [0.15, 0.2) is 0 Å². The van der Waals surface area contributed by atoms with Crippen LogP contribution in [0, 0.1) is 0 Å². The van der Waals surface area contributed by atoms with Crippen LogP contribution in [0.2, 0.25) is 0 Å². The van der Waals surface area contributed by atoms with Crippen molar-refractivity contribution in [3.63, 3.8) is 0 Å². The summed E-state index contributed by atoms with van der Waals surface area (Å²) in [5, 5.41) is 0. The van der Waals surface area contributed by atoms with Gasteiger partial charge in [-0.05, 0) is 25.7 Å². The number of rotatable bonds is 0. The molecule has 0 aromatic heterocycles. The van der Waals surface area contributed by atoms with Gasteiger partial charge < -0.3 is 0 Å². The zero-order chi connectivity index (χ0) is 17.7. The SMILES string of the molecule is C1=CC=CC=CCCCCCCCCCCCCCC=CC=CC=C1. The normalized spacial score (nSPS) is 20.2. The number of hydrogen-bond donors (Lipinski definition) is 0. The van der Waals surface area contributed by atoms with E-state index in [1.54, 1.807) is 0 Å². The van der Waals surface area contributed by atoms with Gasteiger partial charge in [0.2, 0.25) is 0 Å². The summed E-state index contributed by atoms with van der Waals surface area (Å²) in [4.78, 5) is 0. The smallest absolute Gasteiger partial charge is 0.0348 e. The van der Waals surface area contributed by atoms with Gasteiger partial charge in [-0.1, -0.05) is 131 Å². The molecule has 1 aliphatic carbocycles. The molecule has 0 atom stereocenters. The van der Waals surface area contributed by atoms with Crippen LogP contribution in [0.3, 0.4) is 0 Å². The molecule has 0 nitrogen and oxygen atoms in total. The van der Waals surface area contributed by atoms with Crippen LogP contribution in [-0.4, -0.2) is 0 Å². The Morgan fingerprint density at radius 3 is 0.800 bits per heavy atom. The quantitative estimate of drug-likeness (QED) is 0.416. The van der Waals surface area contributed by atoms with E-state index in [0.717, 1.165) is 0 Å². The van der Waals surface area contributed by atoms with E-state index in [9.17, 15) is 0 Å². The Morgan fingerprint density at radius 2 is 0.480 bits per heavy atom. The lowest BCUT2D eigenvalue weighted by atomic mass is 10.0. The fraction of sp³-hybridized carbons (Fsp3) is 0.520. The lowest BCUT2D eigenvalue weighted by molar-refractivity contribution is 0.547. The van der Waals surface area contributed by atoms with E-state index in [0.29, 0.717) is 0 Å². The van der Waals surface area contributed by atoms with Crippen LogP contribution in [0.5, 0.6) is 0 Å². The third-order valence-electron chi connectivity index (χ3n) is 4.51. The number of allylic oxidation sites excluding steroid dienone is 12. The van der Waals surface area contributed by atoms with E-state index >= 15 is 0 Å². The zero-order valence-electron chi connectivity index (χ0n) is 16.1. The average Bonchev–Trinajstić information content (AvgIpc) is 2.62. The standard InChI is InChI=1S/C25H38/c1-2-4-6-8-10-12-14-16-18-20-22-24-25-23-21-19-17-15-13-11-9-7-5-3-1/h1-12H,13-25H2. The minimum Gasteiger partial charge on any atom is -0.0845 e. The van der Waals surface area contributed by atoms with Crippen molar-refractivity contribution in [1.29, 1.82) is 0 Å². The van der Waals surface area contributed by atoms with E-state index in [4.69, 9.17) is 0 Å². The lowest BCUT2D eigenvalue weighted by Gasteiger charge is -2.02. The molecule has 1 rings (SSSR count). The summed E-state index contributed by atoms with van der Waals surface area (Å²) in [5.41, 5.74) is 0. The number of hydrogen-bond acceptors (Lipinski definition) is 0. The summed E-state index contributed by atoms with van der Waals surface area (Å²) < 4.78 is 0. The van der Waals surface area contributed by atoms with Crippen LogP contribution in [0.15, 0.2) is 72.9 Å². The summed E-state index contributed by atoms with van der Waals surface area (Å²) in [6.45, 7) is 0. The molecule has 1 aliphatic rings. The molecule has 138 valence electrons. The van der Waals surface area contributed by atoms with E-state index in [2.05, 4.69) is 72.9 Å². The molecule has 0 bridgehead atoms. The second kappa shape index (κ2) is 18.8.